The van der Waals surface area contributed by atoms with E-state index in [9.17, 15) is 4.79 Å². The summed E-state index contributed by atoms with van der Waals surface area (Å²) in [5.74, 6) is 1.26. The molecule has 1 saturated heterocycles. The van der Waals surface area contributed by atoms with E-state index in [1.54, 1.807) is 4.90 Å². The molecule has 0 bridgehead atoms. The van der Waals surface area contributed by atoms with Crippen molar-refractivity contribution in [2.24, 2.45) is 5.92 Å². The Balaban J connectivity index is 1.75. The third-order valence-electron chi connectivity index (χ3n) is 3.80. The molecule has 0 saturated carbocycles. The minimum atomic E-state index is 0.132. The summed E-state index contributed by atoms with van der Waals surface area (Å²) in [6.45, 7) is 5.03. The fraction of sp³-hybridized carbons (Fsp3) is 0.562. The lowest BCUT2D eigenvalue weighted by Crippen LogP contribution is -2.42. The molecule has 0 aromatic heterocycles. The quantitative estimate of drug-likeness (QED) is 0.892. The Kier molecular flexibility index (Phi) is 5.41. The first-order valence-corrected chi connectivity index (χ1v) is 7.32. The number of benzene rings is 1. The van der Waals surface area contributed by atoms with E-state index in [0.29, 0.717) is 13.2 Å². The van der Waals surface area contributed by atoms with Gasteiger partial charge in [0, 0.05) is 13.6 Å². The van der Waals surface area contributed by atoms with Gasteiger partial charge in [-0.25, -0.2) is 0 Å². The number of ether oxygens (including phenoxy) is 1. The van der Waals surface area contributed by atoms with E-state index in [1.165, 1.54) is 0 Å². The summed E-state index contributed by atoms with van der Waals surface area (Å²) in [5.41, 5.74) is 1.12. The average molecular weight is 276 g/mol. The van der Waals surface area contributed by atoms with Gasteiger partial charge in [-0.05, 0) is 37.9 Å². The van der Waals surface area contributed by atoms with Crippen molar-refractivity contribution in [3.05, 3.63) is 29.8 Å². The lowest BCUT2D eigenvalue weighted by molar-refractivity contribution is -0.135. The molecule has 0 radical (unpaired) electrons. The molecular weight excluding hydrogens is 252 g/mol. The van der Waals surface area contributed by atoms with Crippen LogP contribution < -0.4 is 10.1 Å². The van der Waals surface area contributed by atoms with Crippen molar-refractivity contribution in [2.45, 2.75) is 19.8 Å². The number of likely N-dealkylation sites (N-methyl/N-ethyl adjacent to an activating group) is 1. The zero-order valence-electron chi connectivity index (χ0n) is 12.4. The molecule has 1 aromatic rings. The molecule has 2 rings (SSSR count). The fourth-order valence-corrected chi connectivity index (χ4v) is 2.50. The molecule has 1 heterocycles. The molecule has 1 aromatic carbocycles. The Hall–Kier alpha value is -1.55. The minimum absolute atomic E-state index is 0.132. The van der Waals surface area contributed by atoms with E-state index < -0.39 is 0 Å². The molecule has 4 heteroatoms. The summed E-state index contributed by atoms with van der Waals surface area (Å²) in [6, 6.07) is 7.94. The van der Waals surface area contributed by atoms with Crippen LogP contribution in [0.25, 0.3) is 0 Å². The summed E-state index contributed by atoms with van der Waals surface area (Å²) in [4.78, 5) is 14.0. The van der Waals surface area contributed by atoms with E-state index >= 15 is 0 Å². The van der Waals surface area contributed by atoms with Gasteiger partial charge < -0.3 is 15.0 Å². The van der Waals surface area contributed by atoms with Crippen molar-refractivity contribution in [1.82, 2.24) is 10.2 Å². The number of nitrogens with one attached hydrogen (secondary N) is 1. The molecule has 20 heavy (non-hydrogen) atoms. The Labute approximate surface area is 121 Å². The highest BCUT2D eigenvalue weighted by molar-refractivity contribution is 5.78. The highest BCUT2D eigenvalue weighted by Crippen LogP contribution is 2.16. The zero-order valence-corrected chi connectivity index (χ0v) is 12.4. The average Bonchev–Trinajstić information content (AvgIpc) is 2.49. The molecule has 110 valence electrons. The third kappa shape index (κ3) is 3.97. The summed E-state index contributed by atoms with van der Waals surface area (Å²) in [6.07, 6.45) is 2.08. The topological polar surface area (TPSA) is 41.6 Å². The summed E-state index contributed by atoms with van der Waals surface area (Å²) >= 11 is 0. The Morgan fingerprint density at radius 2 is 2.25 bits per heavy atom. The predicted molar refractivity (Wildman–Crippen MR) is 79.9 cm³/mol. The van der Waals surface area contributed by atoms with E-state index in [4.69, 9.17) is 4.74 Å². The smallest absolute Gasteiger partial charge is 0.226 e. The maximum absolute atomic E-state index is 12.2. The first-order chi connectivity index (χ1) is 9.68. The van der Waals surface area contributed by atoms with Crippen molar-refractivity contribution < 1.29 is 9.53 Å². The van der Waals surface area contributed by atoms with Crippen LogP contribution in [0.1, 0.15) is 18.4 Å². The second-order valence-electron chi connectivity index (χ2n) is 5.42. The maximum Gasteiger partial charge on any atom is 0.226 e. The number of hydrogen-bond donors (Lipinski definition) is 1. The van der Waals surface area contributed by atoms with Crippen LogP contribution in [-0.4, -0.2) is 44.1 Å². The van der Waals surface area contributed by atoms with Gasteiger partial charge in [-0.1, -0.05) is 18.2 Å². The number of hydrogen-bond acceptors (Lipinski definition) is 3. The highest BCUT2D eigenvalue weighted by atomic mass is 16.5. The summed E-state index contributed by atoms with van der Waals surface area (Å²) < 4.78 is 5.74. The van der Waals surface area contributed by atoms with Crippen molar-refractivity contribution in [3.63, 3.8) is 0 Å². The van der Waals surface area contributed by atoms with Gasteiger partial charge in [-0.2, -0.15) is 0 Å². The van der Waals surface area contributed by atoms with E-state index in [1.807, 2.05) is 38.2 Å². The second kappa shape index (κ2) is 7.29. The summed E-state index contributed by atoms with van der Waals surface area (Å²) in [5, 5.41) is 3.28. The van der Waals surface area contributed by atoms with Crippen LogP contribution in [0, 0.1) is 12.8 Å². The Bertz CT molecular complexity index is 442. The molecule has 0 spiro atoms. The van der Waals surface area contributed by atoms with Crippen molar-refractivity contribution in [1.29, 1.82) is 0 Å². The van der Waals surface area contributed by atoms with Crippen molar-refractivity contribution in [2.75, 3.05) is 33.3 Å². The summed E-state index contributed by atoms with van der Waals surface area (Å²) in [7, 11) is 1.86. The number of carbonyl (C=O) groups excluding carboxylic acids is 1. The molecule has 1 amide bonds. The standard InChI is InChI=1S/C16H24N2O2/c1-13-6-3-4-8-15(13)20-11-10-18(2)16(19)14-7-5-9-17-12-14/h3-4,6,8,14,17H,5,7,9-12H2,1-2H3/t14-/m1/s1. The third-order valence-corrected chi connectivity index (χ3v) is 3.80. The number of amides is 1. The first-order valence-electron chi connectivity index (χ1n) is 7.32. The van der Waals surface area contributed by atoms with Crippen LogP contribution >= 0.6 is 0 Å². The zero-order chi connectivity index (χ0) is 14.4. The molecule has 1 atom stereocenters. The number of piperidine rings is 1. The van der Waals surface area contributed by atoms with Crippen LogP contribution in [0.3, 0.4) is 0 Å². The number of nitrogens with zero attached hydrogens (tertiary/aromatic N) is 1. The van der Waals surface area contributed by atoms with Crippen LogP contribution in [0.2, 0.25) is 0 Å². The van der Waals surface area contributed by atoms with Crippen molar-refractivity contribution >= 4 is 5.91 Å². The van der Waals surface area contributed by atoms with E-state index in [-0.39, 0.29) is 11.8 Å². The van der Waals surface area contributed by atoms with Crippen LogP contribution in [0.4, 0.5) is 0 Å². The van der Waals surface area contributed by atoms with Gasteiger partial charge in [0.2, 0.25) is 5.91 Å². The van der Waals surface area contributed by atoms with Crippen LogP contribution in [0.5, 0.6) is 5.75 Å². The number of rotatable bonds is 5. The SMILES string of the molecule is Cc1ccccc1OCCN(C)C(=O)[C@@H]1CCCNC1. The molecular formula is C16H24N2O2. The molecule has 0 aliphatic carbocycles. The van der Waals surface area contributed by atoms with Gasteiger partial charge in [-0.3, -0.25) is 4.79 Å². The molecule has 1 N–H and O–H groups in total. The highest BCUT2D eigenvalue weighted by Gasteiger charge is 2.23. The van der Waals surface area contributed by atoms with E-state index in [0.717, 1.165) is 37.2 Å². The lowest BCUT2D eigenvalue weighted by atomic mass is 9.98. The van der Waals surface area contributed by atoms with Gasteiger partial charge in [0.05, 0.1) is 12.5 Å². The largest absolute Gasteiger partial charge is 0.491 e. The van der Waals surface area contributed by atoms with Gasteiger partial charge in [0.15, 0.2) is 0 Å². The Morgan fingerprint density at radius 1 is 1.45 bits per heavy atom. The molecule has 1 fully saturated rings. The monoisotopic (exact) mass is 276 g/mol. The van der Waals surface area contributed by atoms with Gasteiger partial charge >= 0.3 is 0 Å². The van der Waals surface area contributed by atoms with Crippen LogP contribution in [0.15, 0.2) is 24.3 Å². The number of aryl methyl sites for hydroxylation is 1. The first kappa shape index (κ1) is 14.9. The van der Waals surface area contributed by atoms with E-state index in [2.05, 4.69) is 5.32 Å². The normalized spacial score (nSPS) is 18.6. The number of carbonyl (C=O) groups is 1. The number of para-hydroxylation sites is 1. The lowest BCUT2D eigenvalue weighted by Gasteiger charge is -2.27. The molecule has 1 aliphatic heterocycles. The minimum Gasteiger partial charge on any atom is -0.491 e. The molecule has 0 unspecified atom stereocenters. The molecule has 1 aliphatic rings. The van der Waals surface area contributed by atoms with Gasteiger partial charge in [0.25, 0.3) is 0 Å². The van der Waals surface area contributed by atoms with Crippen molar-refractivity contribution in [3.8, 4) is 5.75 Å². The maximum atomic E-state index is 12.2. The fourth-order valence-electron chi connectivity index (χ4n) is 2.50. The second-order valence-corrected chi connectivity index (χ2v) is 5.42. The van der Waals surface area contributed by atoms with Crippen LogP contribution in [-0.2, 0) is 4.79 Å². The van der Waals surface area contributed by atoms with Gasteiger partial charge in [-0.15, -0.1) is 0 Å². The Morgan fingerprint density at radius 3 is 2.95 bits per heavy atom. The predicted octanol–water partition coefficient (Wildman–Crippen LogP) is 1.83. The van der Waals surface area contributed by atoms with Gasteiger partial charge in [0.1, 0.15) is 12.4 Å². The molecule has 4 nitrogen and oxygen atoms in total.